The number of likely N-dealkylation sites (tertiary alicyclic amines) is 1. The number of hydrogen-bond acceptors (Lipinski definition) is 3. The van der Waals surface area contributed by atoms with Crippen LogP contribution in [0.2, 0.25) is 0 Å². The summed E-state index contributed by atoms with van der Waals surface area (Å²) in [7, 11) is 0. The van der Waals surface area contributed by atoms with Gasteiger partial charge in [-0.25, -0.2) is 0 Å². The Bertz CT molecular complexity index is 817. The highest BCUT2D eigenvalue weighted by Crippen LogP contribution is 2.26. The molecule has 0 spiro atoms. The quantitative estimate of drug-likeness (QED) is 0.886. The van der Waals surface area contributed by atoms with Crippen LogP contribution in [0.25, 0.3) is 0 Å². The van der Waals surface area contributed by atoms with Gasteiger partial charge < -0.3 is 15.3 Å². The molecule has 1 aliphatic rings. The molecule has 3 rings (SSSR count). The summed E-state index contributed by atoms with van der Waals surface area (Å²) in [5, 5.41) is 12.0. The zero-order valence-corrected chi connectivity index (χ0v) is 14.4. The number of carboxylic acid groups (broad SMARTS) is 1. The first-order valence-electron chi connectivity index (χ1n) is 8.47. The lowest BCUT2D eigenvalue weighted by molar-refractivity contribution is -0.142. The summed E-state index contributed by atoms with van der Waals surface area (Å²) in [6.07, 6.45) is 0.466. The molecule has 2 unspecified atom stereocenters. The van der Waals surface area contributed by atoms with Crippen LogP contribution in [0.3, 0.4) is 0 Å². The second-order valence-corrected chi connectivity index (χ2v) is 6.37. The van der Waals surface area contributed by atoms with E-state index in [4.69, 9.17) is 0 Å². The molecular weight excluding hydrogens is 332 g/mol. The number of nitrogens with one attached hydrogen (secondary N) is 1. The average Bonchev–Trinajstić information content (AvgIpc) is 3.04. The van der Waals surface area contributed by atoms with Gasteiger partial charge in [-0.1, -0.05) is 18.2 Å². The van der Waals surface area contributed by atoms with Gasteiger partial charge in [0.1, 0.15) is 0 Å². The number of benzene rings is 2. The van der Waals surface area contributed by atoms with Crippen LogP contribution in [0.5, 0.6) is 0 Å². The highest BCUT2D eigenvalue weighted by molar-refractivity contribution is 6.04. The van der Waals surface area contributed by atoms with Crippen LogP contribution < -0.4 is 5.32 Å². The number of carbonyl (C=O) groups excluding carboxylic acids is 2. The number of rotatable bonds is 4. The Balaban J connectivity index is 1.67. The van der Waals surface area contributed by atoms with Crippen LogP contribution in [0.4, 0.5) is 5.69 Å². The average molecular weight is 352 g/mol. The molecule has 2 amide bonds. The largest absolute Gasteiger partial charge is 0.481 e. The summed E-state index contributed by atoms with van der Waals surface area (Å²) in [4.78, 5) is 37.6. The minimum absolute atomic E-state index is 0.192. The summed E-state index contributed by atoms with van der Waals surface area (Å²) >= 11 is 0. The molecule has 1 heterocycles. The van der Waals surface area contributed by atoms with Crippen LogP contribution in [-0.2, 0) is 4.79 Å². The van der Waals surface area contributed by atoms with Crippen molar-refractivity contribution in [1.29, 1.82) is 0 Å². The Morgan fingerprint density at radius 3 is 2.23 bits per heavy atom. The van der Waals surface area contributed by atoms with Crippen LogP contribution in [0.15, 0.2) is 54.6 Å². The van der Waals surface area contributed by atoms with E-state index >= 15 is 0 Å². The lowest BCUT2D eigenvalue weighted by Gasteiger charge is -2.23. The number of nitrogens with zero attached hydrogens (tertiary/aromatic N) is 1. The molecule has 26 heavy (non-hydrogen) atoms. The molecule has 1 aliphatic heterocycles. The lowest BCUT2D eigenvalue weighted by Crippen LogP contribution is -2.37. The Labute approximate surface area is 151 Å². The van der Waals surface area contributed by atoms with E-state index in [0.29, 0.717) is 29.8 Å². The molecule has 1 saturated heterocycles. The maximum atomic E-state index is 12.6. The van der Waals surface area contributed by atoms with Crippen LogP contribution in [0.1, 0.15) is 34.1 Å². The van der Waals surface area contributed by atoms with Gasteiger partial charge in [0.2, 0.25) is 0 Å². The molecule has 2 aromatic carbocycles. The summed E-state index contributed by atoms with van der Waals surface area (Å²) < 4.78 is 0. The molecule has 1 fully saturated rings. The SMILES string of the molecule is CC1C(C(=O)O)CCN1C(=O)c1ccc(NC(=O)c2ccccc2)cc1. The van der Waals surface area contributed by atoms with Gasteiger partial charge in [0, 0.05) is 29.4 Å². The Hall–Kier alpha value is -3.15. The molecule has 0 radical (unpaired) electrons. The molecule has 0 bridgehead atoms. The molecule has 134 valence electrons. The van der Waals surface area contributed by atoms with E-state index in [2.05, 4.69) is 5.32 Å². The highest BCUT2D eigenvalue weighted by atomic mass is 16.4. The van der Waals surface area contributed by atoms with Crippen LogP contribution in [-0.4, -0.2) is 40.4 Å². The molecule has 2 atom stereocenters. The monoisotopic (exact) mass is 352 g/mol. The Kier molecular flexibility index (Phi) is 5.02. The van der Waals surface area contributed by atoms with E-state index in [0.717, 1.165) is 0 Å². The molecule has 0 saturated carbocycles. The number of anilines is 1. The summed E-state index contributed by atoms with van der Waals surface area (Å²) in [5.41, 5.74) is 1.62. The number of carbonyl (C=O) groups is 3. The summed E-state index contributed by atoms with van der Waals surface area (Å²) in [6, 6.07) is 15.2. The van der Waals surface area contributed by atoms with Crippen molar-refractivity contribution in [1.82, 2.24) is 4.90 Å². The summed E-state index contributed by atoms with van der Waals surface area (Å²) in [5.74, 6) is -1.81. The van der Waals surface area contributed by atoms with E-state index < -0.39 is 11.9 Å². The van der Waals surface area contributed by atoms with E-state index in [1.54, 1.807) is 60.4 Å². The predicted octanol–water partition coefficient (Wildman–Crippen LogP) is 2.87. The van der Waals surface area contributed by atoms with Crippen LogP contribution in [0, 0.1) is 5.92 Å². The molecule has 2 N–H and O–H groups in total. The third-order valence-electron chi connectivity index (χ3n) is 4.76. The fraction of sp³-hybridized carbons (Fsp3) is 0.250. The molecule has 0 aromatic heterocycles. The second kappa shape index (κ2) is 7.39. The van der Waals surface area contributed by atoms with Gasteiger partial charge in [-0.3, -0.25) is 14.4 Å². The van der Waals surface area contributed by atoms with E-state index in [1.165, 1.54) is 0 Å². The van der Waals surface area contributed by atoms with E-state index in [-0.39, 0.29) is 17.9 Å². The number of aliphatic carboxylic acids is 1. The third-order valence-corrected chi connectivity index (χ3v) is 4.76. The minimum atomic E-state index is -0.869. The van der Waals surface area contributed by atoms with Crippen molar-refractivity contribution in [3.05, 3.63) is 65.7 Å². The molecular formula is C20H20N2O4. The fourth-order valence-electron chi connectivity index (χ4n) is 3.21. The summed E-state index contributed by atoms with van der Waals surface area (Å²) in [6.45, 7) is 2.20. The van der Waals surface area contributed by atoms with Gasteiger partial charge in [-0.05, 0) is 49.7 Å². The van der Waals surface area contributed by atoms with Crippen molar-refractivity contribution in [2.45, 2.75) is 19.4 Å². The van der Waals surface area contributed by atoms with Gasteiger partial charge in [0.05, 0.1) is 5.92 Å². The number of amides is 2. The van der Waals surface area contributed by atoms with Crippen molar-refractivity contribution < 1.29 is 19.5 Å². The molecule has 0 aliphatic carbocycles. The van der Waals surface area contributed by atoms with Crippen molar-refractivity contribution in [2.24, 2.45) is 5.92 Å². The van der Waals surface area contributed by atoms with Gasteiger partial charge >= 0.3 is 5.97 Å². The van der Waals surface area contributed by atoms with E-state index in [1.807, 2.05) is 6.07 Å². The second-order valence-electron chi connectivity index (χ2n) is 6.37. The van der Waals surface area contributed by atoms with Gasteiger partial charge in [-0.15, -0.1) is 0 Å². The van der Waals surface area contributed by atoms with Crippen molar-refractivity contribution in [3.63, 3.8) is 0 Å². The molecule has 6 nitrogen and oxygen atoms in total. The first-order chi connectivity index (χ1) is 12.5. The minimum Gasteiger partial charge on any atom is -0.481 e. The normalized spacial score (nSPS) is 19.2. The van der Waals surface area contributed by atoms with E-state index in [9.17, 15) is 19.5 Å². The maximum Gasteiger partial charge on any atom is 0.308 e. The first-order valence-corrected chi connectivity index (χ1v) is 8.47. The Morgan fingerprint density at radius 2 is 1.65 bits per heavy atom. The van der Waals surface area contributed by atoms with Crippen molar-refractivity contribution in [3.8, 4) is 0 Å². The molecule has 6 heteroatoms. The lowest BCUT2D eigenvalue weighted by atomic mass is 10.0. The Morgan fingerprint density at radius 1 is 1.00 bits per heavy atom. The zero-order valence-electron chi connectivity index (χ0n) is 14.4. The van der Waals surface area contributed by atoms with Gasteiger partial charge in [0.25, 0.3) is 11.8 Å². The third kappa shape index (κ3) is 3.59. The van der Waals surface area contributed by atoms with Crippen molar-refractivity contribution in [2.75, 3.05) is 11.9 Å². The smallest absolute Gasteiger partial charge is 0.308 e. The maximum absolute atomic E-state index is 12.6. The highest BCUT2D eigenvalue weighted by Gasteiger charge is 2.38. The zero-order chi connectivity index (χ0) is 18.7. The fourth-order valence-corrected chi connectivity index (χ4v) is 3.21. The molecule has 2 aromatic rings. The van der Waals surface area contributed by atoms with Crippen LogP contribution >= 0.6 is 0 Å². The topological polar surface area (TPSA) is 86.7 Å². The van der Waals surface area contributed by atoms with Gasteiger partial charge in [0.15, 0.2) is 0 Å². The first kappa shape index (κ1) is 17.7. The standard InChI is InChI=1S/C20H20N2O4/c1-13-17(20(25)26)11-12-22(13)19(24)15-7-9-16(10-8-15)21-18(23)14-5-3-2-4-6-14/h2-10,13,17H,11-12H2,1H3,(H,21,23)(H,25,26). The van der Waals surface area contributed by atoms with Gasteiger partial charge in [-0.2, -0.15) is 0 Å². The predicted molar refractivity (Wildman–Crippen MR) is 97.1 cm³/mol. The number of carboxylic acids is 1. The van der Waals surface area contributed by atoms with Crippen molar-refractivity contribution >= 4 is 23.5 Å². The number of hydrogen-bond donors (Lipinski definition) is 2.